The normalized spacial score (nSPS) is 16.2. The Hall–Kier alpha value is -4.00. The number of pyridine rings is 1. The van der Waals surface area contributed by atoms with E-state index in [1.807, 2.05) is 6.08 Å². The Morgan fingerprint density at radius 3 is 2.82 bits per heavy atom. The van der Waals surface area contributed by atoms with Crippen LogP contribution >= 0.6 is 0 Å². The van der Waals surface area contributed by atoms with Gasteiger partial charge in [-0.25, -0.2) is 14.4 Å². The molecule has 4 rings (SSSR count). The van der Waals surface area contributed by atoms with Gasteiger partial charge in [-0.05, 0) is 44.9 Å². The molecule has 0 spiro atoms. The third-order valence-corrected chi connectivity index (χ3v) is 5.37. The SMILES string of the molecule is CC(C)(F)COc1cccc(C2=CCC(NC(=O)CNC(=O)c3ccn(C4(C#N)CC4)c3)=N2)n1. The number of rotatable bonds is 8. The number of carbonyl (C=O) groups excluding carboxylic acids is 2. The highest BCUT2D eigenvalue weighted by molar-refractivity contribution is 6.05. The lowest BCUT2D eigenvalue weighted by Crippen LogP contribution is -2.39. The summed E-state index contributed by atoms with van der Waals surface area (Å²) in [5.74, 6) is -0.0850. The molecule has 2 amide bonds. The van der Waals surface area contributed by atoms with Gasteiger partial charge < -0.3 is 19.9 Å². The quantitative estimate of drug-likeness (QED) is 0.622. The first-order chi connectivity index (χ1) is 16.2. The Morgan fingerprint density at radius 2 is 2.12 bits per heavy atom. The maximum atomic E-state index is 13.7. The molecule has 0 bridgehead atoms. The fourth-order valence-corrected chi connectivity index (χ4v) is 3.37. The van der Waals surface area contributed by atoms with E-state index in [-0.39, 0.29) is 19.0 Å². The largest absolute Gasteiger partial charge is 0.474 e. The number of nitrogens with zero attached hydrogens (tertiary/aromatic N) is 4. The highest BCUT2D eigenvalue weighted by Gasteiger charge is 2.45. The topological polar surface area (TPSA) is 121 Å². The molecule has 0 unspecified atom stereocenters. The highest BCUT2D eigenvalue weighted by atomic mass is 19.1. The van der Waals surface area contributed by atoms with Crippen molar-refractivity contribution in [1.29, 1.82) is 5.26 Å². The van der Waals surface area contributed by atoms with Crippen molar-refractivity contribution in [2.45, 2.75) is 44.3 Å². The lowest BCUT2D eigenvalue weighted by Gasteiger charge is -2.14. The minimum absolute atomic E-state index is 0.122. The number of nitriles is 1. The molecule has 0 atom stereocenters. The molecule has 9 nitrogen and oxygen atoms in total. The minimum atomic E-state index is -1.48. The first kappa shape index (κ1) is 23.2. The fourth-order valence-electron chi connectivity index (χ4n) is 3.37. The maximum Gasteiger partial charge on any atom is 0.253 e. The van der Waals surface area contributed by atoms with Gasteiger partial charge in [-0.2, -0.15) is 5.26 Å². The number of hydrogen-bond donors (Lipinski definition) is 2. The number of aliphatic imine (C=N–C) groups is 1. The zero-order valence-corrected chi connectivity index (χ0v) is 19.0. The summed E-state index contributed by atoms with van der Waals surface area (Å²) >= 11 is 0. The third kappa shape index (κ3) is 5.49. The van der Waals surface area contributed by atoms with Gasteiger partial charge in [-0.3, -0.25) is 9.59 Å². The molecule has 10 heteroatoms. The van der Waals surface area contributed by atoms with Crippen molar-refractivity contribution in [1.82, 2.24) is 20.2 Å². The molecule has 0 saturated heterocycles. The smallest absolute Gasteiger partial charge is 0.253 e. The van der Waals surface area contributed by atoms with E-state index >= 15 is 0 Å². The lowest BCUT2D eigenvalue weighted by atomic mass is 10.2. The van der Waals surface area contributed by atoms with Crippen LogP contribution in [0.4, 0.5) is 4.39 Å². The van der Waals surface area contributed by atoms with Crippen LogP contribution in [0.15, 0.2) is 47.7 Å². The summed E-state index contributed by atoms with van der Waals surface area (Å²) in [7, 11) is 0. The van der Waals surface area contributed by atoms with Crippen LogP contribution in [0.2, 0.25) is 0 Å². The van der Waals surface area contributed by atoms with Gasteiger partial charge in [-0.1, -0.05) is 6.07 Å². The van der Waals surface area contributed by atoms with E-state index in [9.17, 15) is 19.2 Å². The zero-order valence-electron chi connectivity index (χ0n) is 19.0. The number of amides is 2. The molecule has 176 valence electrons. The van der Waals surface area contributed by atoms with Crippen molar-refractivity contribution >= 4 is 23.3 Å². The van der Waals surface area contributed by atoms with Gasteiger partial charge in [0.05, 0.1) is 29.6 Å². The van der Waals surface area contributed by atoms with Crippen molar-refractivity contribution in [3.8, 4) is 11.9 Å². The van der Waals surface area contributed by atoms with Gasteiger partial charge in [0.25, 0.3) is 5.91 Å². The molecule has 1 aliphatic heterocycles. The molecule has 2 aliphatic rings. The number of alkyl halides is 1. The van der Waals surface area contributed by atoms with E-state index in [1.54, 1.807) is 41.2 Å². The van der Waals surface area contributed by atoms with E-state index in [1.165, 1.54) is 13.8 Å². The van der Waals surface area contributed by atoms with Crippen molar-refractivity contribution in [3.05, 3.63) is 54.0 Å². The first-order valence-electron chi connectivity index (χ1n) is 10.9. The number of amidine groups is 1. The number of aromatic nitrogens is 2. The molecule has 3 heterocycles. The zero-order chi connectivity index (χ0) is 24.3. The summed E-state index contributed by atoms with van der Waals surface area (Å²) < 4.78 is 20.8. The second-order valence-electron chi connectivity index (χ2n) is 8.90. The second kappa shape index (κ2) is 9.09. The molecule has 1 fully saturated rings. The van der Waals surface area contributed by atoms with Gasteiger partial charge >= 0.3 is 0 Å². The van der Waals surface area contributed by atoms with Gasteiger partial charge in [-0.15, -0.1) is 0 Å². The standard InChI is InChI=1S/C24H25FN6O3/c1-23(2,25)15-34-21-5-3-4-17(29-21)18-6-7-19(28-18)30-20(32)12-27-22(33)16-8-11-31(13-16)24(14-26)9-10-24/h3-6,8,11,13H,7,9-10,12,15H2,1-2H3,(H,27,33)(H,28,30,32). The van der Waals surface area contributed by atoms with Gasteiger partial charge in [0.1, 0.15) is 23.7 Å². The van der Waals surface area contributed by atoms with Crippen molar-refractivity contribution in [2.75, 3.05) is 13.2 Å². The summed E-state index contributed by atoms with van der Waals surface area (Å²) in [4.78, 5) is 33.4. The third-order valence-electron chi connectivity index (χ3n) is 5.37. The average Bonchev–Trinajstić information content (AvgIpc) is 3.20. The van der Waals surface area contributed by atoms with Crippen molar-refractivity contribution in [3.63, 3.8) is 0 Å². The summed E-state index contributed by atoms with van der Waals surface area (Å²) in [6, 6.07) is 9.01. The average molecular weight is 465 g/mol. The molecular formula is C24H25FN6O3. The Kier molecular flexibility index (Phi) is 6.20. The van der Waals surface area contributed by atoms with Crippen LogP contribution in [-0.2, 0) is 10.3 Å². The van der Waals surface area contributed by atoms with Crippen molar-refractivity contribution < 1.29 is 18.7 Å². The predicted octanol–water partition coefficient (Wildman–Crippen LogP) is 2.71. The molecule has 1 saturated carbocycles. The summed E-state index contributed by atoms with van der Waals surface area (Å²) in [5.41, 5.74) is -0.513. The van der Waals surface area contributed by atoms with E-state index in [0.717, 1.165) is 12.8 Å². The van der Waals surface area contributed by atoms with Crippen LogP contribution in [0.25, 0.3) is 5.70 Å². The molecule has 2 N–H and O–H groups in total. The summed E-state index contributed by atoms with van der Waals surface area (Å²) in [6.07, 6.45) is 7.08. The van der Waals surface area contributed by atoms with Crippen LogP contribution in [0.1, 0.15) is 49.2 Å². The van der Waals surface area contributed by atoms with Gasteiger partial charge in [0.2, 0.25) is 11.8 Å². The number of halogens is 1. The molecule has 0 radical (unpaired) electrons. The Labute approximate surface area is 196 Å². The number of carbonyl (C=O) groups is 2. The first-order valence-corrected chi connectivity index (χ1v) is 10.9. The summed E-state index contributed by atoms with van der Waals surface area (Å²) in [5, 5.41) is 14.5. The Balaban J connectivity index is 1.28. The Bertz CT molecular complexity index is 1210. The van der Waals surface area contributed by atoms with Crippen LogP contribution in [0.5, 0.6) is 5.88 Å². The maximum absolute atomic E-state index is 13.7. The number of nitrogens with one attached hydrogen (secondary N) is 2. The lowest BCUT2D eigenvalue weighted by molar-refractivity contribution is -0.118. The predicted molar refractivity (Wildman–Crippen MR) is 123 cm³/mol. The molecule has 2 aromatic heterocycles. The molecule has 0 aromatic carbocycles. The van der Waals surface area contributed by atoms with Crippen molar-refractivity contribution in [2.24, 2.45) is 4.99 Å². The van der Waals surface area contributed by atoms with Crippen LogP contribution in [-0.4, -0.2) is 46.0 Å². The van der Waals surface area contributed by atoms with Gasteiger partial charge in [0, 0.05) is 24.9 Å². The summed E-state index contributed by atoms with van der Waals surface area (Å²) in [6.45, 7) is 2.50. The van der Waals surface area contributed by atoms with E-state index < -0.39 is 23.0 Å². The van der Waals surface area contributed by atoms with Gasteiger partial charge in [0.15, 0.2) is 0 Å². The monoisotopic (exact) mass is 464 g/mol. The second-order valence-corrected chi connectivity index (χ2v) is 8.90. The molecular weight excluding hydrogens is 439 g/mol. The fraction of sp³-hybridized carbons (Fsp3) is 0.375. The molecule has 1 aliphatic carbocycles. The van der Waals surface area contributed by atoms with Crippen LogP contribution < -0.4 is 15.4 Å². The molecule has 2 aromatic rings. The van der Waals surface area contributed by atoms with Crippen LogP contribution in [0, 0.1) is 11.3 Å². The molecule has 34 heavy (non-hydrogen) atoms. The Morgan fingerprint density at radius 1 is 1.32 bits per heavy atom. The highest BCUT2D eigenvalue weighted by Crippen LogP contribution is 2.42. The minimum Gasteiger partial charge on any atom is -0.474 e. The van der Waals surface area contributed by atoms with E-state index in [4.69, 9.17) is 4.74 Å². The van der Waals surface area contributed by atoms with E-state index in [2.05, 4.69) is 26.7 Å². The number of ether oxygens (including phenoxy) is 1. The van der Waals surface area contributed by atoms with Crippen LogP contribution in [0.3, 0.4) is 0 Å². The van der Waals surface area contributed by atoms with E-state index in [0.29, 0.717) is 29.2 Å². The number of hydrogen-bond acceptors (Lipinski definition) is 6.